The van der Waals surface area contributed by atoms with Crippen LogP contribution in [-0.2, 0) is 20.6 Å². The zero-order chi connectivity index (χ0) is 14.8. The lowest BCUT2D eigenvalue weighted by atomic mass is 10.2. The second-order valence-corrected chi connectivity index (χ2v) is 6.78. The number of hydrogen-bond donors (Lipinski definition) is 0. The molecule has 1 aromatic rings. The van der Waals surface area contributed by atoms with Gasteiger partial charge in [0.1, 0.15) is 10.7 Å². The number of benzene rings is 1. The van der Waals surface area contributed by atoms with Gasteiger partial charge in [-0.1, -0.05) is 13.0 Å². The number of alkyl halides is 1. The van der Waals surface area contributed by atoms with Crippen LogP contribution in [-0.4, -0.2) is 38.5 Å². The molecule has 0 bridgehead atoms. The summed E-state index contributed by atoms with van der Waals surface area (Å²) in [5.74, 6) is -0.608. The smallest absolute Gasteiger partial charge is 0.246 e. The Morgan fingerprint density at radius 3 is 2.90 bits per heavy atom. The van der Waals surface area contributed by atoms with E-state index in [1.54, 1.807) is 0 Å². The van der Waals surface area contributed by atoms with Crippen molar-refractivity contribution in [2.45, 2.75) is 30.2 Å². The highest BCUT2D eigenvalue weighted by Crippen LogP contribution is 2.25. The maximum absolute atomic E-state index is 13.9. The minimum absolute atomic E-state index is 0.142. The largest absolute Gasteiger partial charge is 0.378 e. The monoisotopic (exact) mass is 321 g/mol. The van der Waals surface area contributed by atoms with E-state index < -0.39 is 15.8 Å². The van der Waals surface area contributed by atoms with Crippen molar-refractivity contribution in [1.29, 1.82) is 0 Å². The van der Waals surface area contributed by atoms with Crippen LogP contribution in [0, 0.1) is 5.82 Å². The lowest BCUT2D eigenvalue weighted by Gasteiger charge is -2.34. The van der Waals surface area contributed by atoms with E-state index in [0.29, 0.717) is 25.2 Å². The molecule has 1 heterocycles. The third-order valence-corrected chi connectivity index (χ3v) is 5.66. The second kappa shape index (κ2) is 6.39. The molecule has 1 fully saturated rings. The van der Waals surface area contributed by atoms with E-state index in [-0.39, 0.29) is 23.4 Å². The second-order valence-electron chi connectivity index (χ2n) is 4.65. The van der Waals surface area contributed by atoms with Crippen molar-refractivity contribution in [1.82, 2.24) is 4.31 Å². The molecule has 20 heavy (non-hydrogen) atoms. The highest BCUT2D eigenvalue weighted by atomic mass is 35.5. The van der Waals surface area contributed by atoms with Gasteiger partial charge in [-0.25, -0.2) is 12.8 Å². The summed E-state index contributed by atoms with van der Waals surface area (Å²) in [6, 6.07) is 3.68. The molecular weight excluding hydrogens is 305 g/mol. The van der Waals surface area contributed by atoms with Gasteiger partial charge in [-0.05, 0) is 24.1 Å². The number of ether oxygens (including phenoxy) is 1. The topological polar surface area (TPSA) is 46.6 Å². The Kier molecular flexibility index (Phi) is 5.01. The van der Waals surface area contributed by atoms with Crippen LogP contribution in [0.2, 0.25) is 0 Å². The van der Waals surface area contributed by atoms with Crippen LogP contribution in [0.25, 0.3) is 0 Å². The summed E-state index contributed by atoms with van der Waals surface area (Å²) in [4.78, 5) is -0.309. The van der Waals surface area contributed by atoms with E-state index >= 15 is 0 Å². The summed E-state index contributed by atoms with van der Waals surface area (Å²) in [6.45, 7) is 2.79. The Morgan fingerprint density at radius 1 is 1.50 bits per heavy atom. The molecule has 0 amide bonds. The molecule has 1 aromatic carbocycles. The van der Waals surface area contributed by atoms with Gasteiger partial charge in [-0.3, -0.25) is 0 Å². The number of hydrogen-bond acceptors (Lipinski definition) is 3. The van der Waals surface area contributed by atoms with E-state index in [2.05, 4.69) is 0 Å². The van der Waals surface area contributed by atoms with Gasteiger partial charge in [0, 0.05) is 18.5 Å². The van der Waals surface area contributed by atoms with Gasteiger partial charge in [0.05, 0.1) is 13.2 Å². The van der Waals surface area contributed by atoms with Crippen molar-refractivity contribution >= 4 is 21.6 Å². The highest BCUT2D eigenvalue weighted by Gasteiger charge is 2.34. The molecule has 0 saturated carbocycles. The number of halogens is 2. The van der Waals surface area contributed by atoms with Crippen molar-refractivity contribution < 1.29 is 17.5 Å². The third-order valence-electron chi connectivity index (χ3n) is 3.38. The Hall–Kier alpha value is -0.690. The molecule has 1 saturated heterocycles. The quantitative estimate of drug-likeness (QED) is 0.800. The maximum atomic E-state index is 13.9. The molecule has 2 rings (SSSR count). The van der Waals surface area contributed by atoms with Gasteiger partial charge in [0.15, 0.2) is 0 Å². The Labute approximate surface area is 123 Å². The molecule has 1 aliphatic heterocycles. The Morgan fingerprint density at radius 2 is 2.25 bits per heavy atom. The summed E-state index contributed by atoms with van der Waals surface area (Å²) in [5.41, 5.74) is 0.577. The van der Waals surface area contributed by atoms with Crippen LogP contribution in [0.1, 0.15) is 18.9 Å². The zero-order valence-corrected chi connectivity index (χ0v) is 12.8. The van der Waals surface area contributed by atoms with Crippen LogP contribution in [0.3, 0.4) is 0 Å². The van der Waals surface area contributed by atoms with Crippen LogP contribution in [0.15, 0.2) is 23.1 Å². The standard InChI is InChI=1S/C13H17ClFNO3S/c1-2-11-9-19-6-5-16(11)20(17,18)13-7-10(8-14)3-4-12(13)15/h3-4,7,11H,2,5-6,8-9H2,1H3. The average Bonchev–Trinajstić information content (AvgIpc) is 2.47. The first kappa shape index (κ1) is 15.7. The molecule has 112 valence electrons. The normalized spacial score (nSPS) is 21.1. The molecule has 1 unspecified atom stereocenters. The summed E-state index contributed by atoms with van der Waals surface area (Å²) >= 11 is 5.69. The summed E-state index contributed by atoms with van der Waals surface area (Å²) < 4.78 is 45.8. The van der Waals surface area contributed by atoms with E-state index in [4.69, 9.17) is 16.3 Å². The molecule has 0 radical (unpaired) electrons. The molecule has 0 N–H and O–H groups in total. The fourth-order valence-corrected chi connectivity index (χ4v) is 4.18. The van der Waals surface area contributed by atoms with E-state index in [1.807, 2.05) is 6.92 Å². The predicted octanol–water partition coefficient (Wildman–Crippen LogP) is 2.36. The SMILES string of the molecule is CCC1COCCN1S(=O)(=O)c1cc(CCl)ccc1F. The van der Waals surface area contributed by atoms with E-state index in [9.17, 15) is 12.8 Å². The fraction of sp³-hybridized carbons (Fsp3) is 0.538. The average molecular weight is 322 g/mol. The number of morpholine rings is 1. The summed E-state index contributed by atoms with van der Waals surface area (Å²) in [6.07, 6.45) is 0.621. The van der Waals surface area contributed by atoms with Crippen molar-refractivity contribution in [2.24, 2.45) is 0 Å². The molecule has 7 heteroatoms. The van der Waals surface area contributed by atoms with Crippen LogP contribution in [0.4, 0.5) is 4.39 Å². The zero-order valence-electron chi connectivity index (χ0n) is 11.2. The number of rotatable bonds is 4. The predicted molar refractivity (Wildman–Crippen MR) is 74.7 cm³/mol. The third kappa shape index (κ3) is 2.98. The van der Waals surface area contributed by atoms with Gasteiger partial charge in [-0.15, -0.1) is 11.6 Å². The molecule has 0 spiro atoms. The van der Waals surface area contributed by atoms with Crippen molar-refractivity contribution in [3.8, 4) is 0 Å². The van der Waals surface area contributed by atoms with Gasteiger partial charge >= 0.3 is 0 Å². The lowest BCUT2D eigenvalue weighted by molar-refractivity contribution is 0.0313. The summed E-state index contributed by atoms with van der Waals surface area (Å²) in [5, 5.41) is 0. The van der Waals surface area contributed by atoms with Gasteiger partial charge < -0.3 is 4.74 Å². The van der Waals surface area contributed by atoms with E-state index in [0.717, 1.165) is 6.07 Å². The van der Waals surface area contributed by atoms with Gasteiger partial charge in [0.25, 0.3) is 0 Å². The van der Waals surface area contributed by atoms with Crippen LogP contribution >= 0.6 is 11.6 Å². The van der Waals surface area contributed by atoms with Crippen molar-refractivity contribution in [3.05, 3.63) is 29.6 Å². The fourth-order valence-electron chi connectivity index (χ4n) is 2.23. The molecule has 0 aliphatic carbocycles. The van der Waals surface area contributed by atoms with E-state index in [1.165, 1.54) is 16.4 Å². The molecule has 0 aromatic heterocycles. The minimum atomic E-state index is -3.87. The van der Waals surface area contributed by atoms with Crippen molar-refractivity contribution in [2.75, 3.05) is 19.8 Å². The van der Waals surface area contributed by atoms with Crippen LogP contribution in [0.5, 0.6) is 0 Å². The first-order valence-corrected chi connectivity index (χ1v) is 8.42. The number of nitrogens with zero attached hydrogens (tertiary/aromatic N) is 1. The Balaban J connectivity index is 2.43. The minimum Gasteiger partial charge on any atom is -0.378 e. The molecular formula is C13H17ClFNO3S. The van der Waals surface area contributed by atoms with Crippen LogP contribution < -0.4 is 0 Å². The summed E-state index contributed by atoms with van der Waals surface area (Å²) in [7, 11) is -3.87. The van der Waals surface area contributed by atoms with Gasteiger partial charge in [0.2, 0.25) is 10.0 Å². The lowest BCUT2D eigenvalue weighted by Crippen LogP contribution is -2.48. The van der Waals surface area contributed by atoms with Gasteiger partial charge in [-0.2, -0.15) is 4.31 Å². The molecule has 1 aliphatic rings. The highest BCUT2D eigenvalue weighted by molar-refractivity contribution is 7.89. The maximum Gasteiger partial charge on any atom is 0.246 e. The molecule has 4 nitrogen and oxygen atoms in total. The van der Waals surface area contributed by atoms with Crippen molar-refractivity contribution in [3.63, 3.8) is 0 Å². The Bertz CT molecular complexity index is 579. The first-order chi connectivity index (χ1) is 9.50. The molecule has 1 atom stereocenters. The number of sulfonamides is 1. The first-order valence-electron chi connectivity index (χ1n) is 6.44.